The van der Waals surface area contributed by atoms with Crippen molar-refractivity contribution < 1.29 is 23.8 Å². The fourth-order valence-electron chi connectivity index (χ4n) is 2.21. The predicted molar refractivity (Wildman–Crippen MR) is 72.2 cm³/mol. The second kappa shape index (κ2) is 6.53. The molecule has 0 bridgehead atoms. The van der Waals surface area contributed by atoms with E-state index >= 15 is 0 Å². The molecule has 2 amide bonds. The summed E-state index contributed by atoms with van der Waals surface area (Å²) < 4.78 is 18.2. The van der Waals surface area contributed by atoms with Gasteiger partial charge in [0.05, 0.1) is 25.3 Å². The molecule has 2 rings (SSSR count). The van der Waals surface area contributed by atoms with E-state index in [1.165, 1.54) is 12.1 Å². The van der Waals surface area contributed by atoms with E-state index in [0.717, 1.165) is 0 Å². The molecule has 7 heteroatoms. The normalized spacial score (nSPS) is 22.6. The van der Waals surface area contributed by atoms with Crippen LogP contribution in [0, 0.1) is 11.7 Å². The van der Waals surface area contributed by atoms with Crippen LogP contribution in [0.25, 0.3) is 0 Å². The highest BCUT2D eigenvalue weighted by Crippen LogP contribution is 2.15. The summed E-state index contributed by atoms with van der Waals surface area (Å²) in [6.07, 6.45) is 0. The largest absolute Gasteiger partial charge is 0.481 e. The maximum atomic E-state index is 13.1. The molecule has 1 fully saturated rings. The Morgan fingerprint density at radius 2 is 2.19 bits per heavy atom. The van der Waals surface area contributed by atoms with Crippen LogP contribution in [-0.4, -0.2) is 36.4 Å². The monoisotopic (exact) mass is 296 g/mol. The molecule has 0 aromatic heterocycles. The van der Waals surface area contributed by atoms with Crippen molar-refractivity contribution in [3.05, 3.63) is 35.6 Å². The van der Waals surface area contributed by atoms with Gasteiger partial charge >= 0.3 is 12.0 Å². The zero-order valence-corrected chi connectivity index (χ0v) is 11.5. The first kappa shape index (κ1) is 15.2. The van der Waals surface area contributed by atoms with Gasteiger partial charge in [0.15, 0.2) is 0 Å². The van der Waals surface area contributed by atoms with Crippen LogP contribution >= 0.6 is 0 Å². The number of ether oxygens (including phenoxy) is 1. The zero-order chi connectivity index (χ0) is 15.4. The van der Waals surface area contributed by atoms with Crippen molar-refractivity contribution in [2.75, 3.05) is 13.2 Å². The lowest BCUT2D eigenvalue weighted by atomic mass is 10.0. The lowest BCUT2D eigenvalue weighted by molar-refractivity contribution is -0.142. The van der Waals surface area contributed by atoms with E-state index in [4.69, 9.17) is 9.84 Å². The Bertz CT molecular complexity index is 537. The number of rotatable bonds is 4. The molecule has 0 saturated carbocycles. The molecule has 3 atom stereocenters. The van der Waals surface area contributed by atoms with Gasteiger partial charge in [-0.25, -0.2) is 9.18 Å². The van der Waals surface area contributed by atoms with Gasteiger partial charge in [-0.3, -0.25) is 4.79 Å². The van der Waals surface area contributed by atoms with E-state index in [2.05, 4.69) is 10.6 Å². The number of halogens is 1. The summed E-state index contributed by atoms with van der Waals surface area (Å²) in [5.41, 5.74) is 0.627. The molecule has 0 spiro atoms. The summed E-state index contributed by atoms with van der Waals surface area (Å²) in [7, 11) is 0. The van der Waals surface area contributed by atoms with E-state index in [9.17, 15) is 14.0 Å². The Morgan fingerprint density at radius 3 is 2.86 bits per heavy atom. The average Bonchev–Trinajstić information content (AvgIpc) is 2.86. The van der Waals surface area contributed by atoms with Crippen molar-refractivity contribution in [2.24, 2.45) is 5.92 Å². The minimum Gasteiger partial charge on any atom is -0.481 e. The van der Waals surface area contributed by atoms with Crippen LogP contribution in [0.15, 0.2) is 24.3 Å². The zero-order valence-electron chi connectivity index (χ0n) is 11.5. The quantitative estimate of drug-likeness (QED) is 0.781. The summed E-state index contributed by atoms with van der Waals surface area (Å²) in [4.78, 5) is 22.9. The standard InChI is InChI=1S/C14H17FN2O4/c1-8(9-3-2-4-10(15)5-9)16-14(20)17-12-7-21-6-11(12)13(18)19/h2-5,8,11-12H,6-7H2,1H3,(H,18,19)(H2,16,17,20). The van der Waals surface area contributed by atoms with Gasteiger partial charge < -0.3 is 20.5 Å². The summed E-state index contributed by atoms with van der Waals surface area (Å²) in [5.74, 6) is -2.13. The van der Waals surface area contributed by atoms with Crippen molar-refractivity contribution in [3.8, 4) is 0 Å². The van der Waals surface area contributed by atoms with Crippen LogP contribution in [0.2, 0.25) is 0 Å². The lowest BCUT2D eigenvalue weighted by Crippen LogP contribution is -2.47. The van der Waals surface area contributed by atoms with Gasteiger partial charge in [-0.1, -0.05) is 12.1 Å². The Morgan fingerprint density at radius 1 is 1.43 bits per heavy atom. The molecule has 0 radical (unpaired) electrons. The number of aliphatic carboxylic acids is 1. The number of hydrogen-bond donors (Lipinski definition) is 3. The smallest absolute Gasteiger partial charge is 0.315 e. The Hall–Kier alpha value is -2.15. The van der Waals surface area contributed by atoms with E-state index in [-0.39, 0.29) is 19.0 Å². The molecule has 1 saturated heterocycles. The van der Waals surface area contributed by atoms with Crippen molar-refractivity contribution in [2.45, 2.75) is 19.0 Å². The lowest BCUT2D eigenvalue weighted by Gasteiger charge is -2.19. The molecule has 1 aliphatic heterocycles. The first-order valence-electron chi connectivity index (χ1n) is 6.60. The molecule has 21 heavy (non-hydrogen) atoms. The number of benzene rings is 1. The van der Waals surface area contributed by atoms with Gasteiger partial charge in [0, 0.05) is 0 Å². The maximum Gasteiger partial charge on any atom is 0.315 e. The van der Waals surface area contributed by atoms with Crippen LogP contribution in [0.5, 0.6) is 0 Å². The first-order valence-corrected chi connectivity index (χ1v) is 6.60. The number of amides is 2. The summed E-state index contributed by atoms with van der Waals surface area (Å²) in [5, 5.41) is 14.2. The SMILES string of the molecule is CC(NC(=O)NC1COCC1C(=O)O)c1cccc(F)c1. The molecular weight excluding hydrogens is 279 g/mol. The fraction of sp³-hybridized carbons (Fsp3) is 0.429. The van der Waals surface area contributed by atoms with Crippen LogP contribution in [-0.2, 0) is 9.53 Å². The molecule has 1 aromatic carbocycles. The highest BCUT2D eigenvalue weighted by molar-refractivity contribution is 5.77. The Labute approximate surface area is 121 Å². The molecule has 0 aliphatic carbocycles. The van der Waals surface area contributed by atoms with Crippen molar-refractivity contribution >= 4 is 12.0 Å². The van der Waals surface area contributed by atoms with Crippen molar-refractivity contribution in [1.29, 1.82) is 0 Å². The maximum absolute atomic E-state index is 13.1. The summed E-state index contributed by atoms with van der Waals surface area (Å²) in [6, 6.07) is 4.45. The molecule has 114 valence electrons. The molecule has 1 aliphatic rings. The Balaban J connectivity index is 1.91. The number of hydrogen-bond acceptors (Lipinski definition) is 3. The van der Waals surface area contributed by atoms with Crippen LogP contribution in [0.1, 0.15) is 18.5 Å². The molecular formula is C14H17FN2O4. The summed E-state index contributed by atoms with van der Waals surface area (Å²) in [6.45, 7) is 1.96. The Kier molecular flexibility index (Phi) is 4.74. The number of urea groups is 1. The highest BCUT2D eigenvalue weighted by atomic mass is 19.1. The predicted octanol–water partition coefficient (Wildman–Crippen LogP) is 1.29. The highest BCUT2D eigenvalue weighted by Gasteiger charge is 2.35. The molecule has 1 heterocycles. The van der Waals surface area contributed by atoms with Gasteiger partial charge in [0.1, 0.15) is 11.7 Å². The van der Waals surface area contributed by atoms with Gasteiger partial charge in [0.25, 0.3) is 0 Å². The van der Waals surface area contributed by atoms with E-state index in [1.807, 2.05) is 0 Å². The van der Waals surface area contributed by atoms with Crippen molar-refractivity contribution in [1.82, 2.24) is 10.6 Å². The van der Waals surface area contributed by atoms with Crippen molar-refractivity contribution in [3.63, 3.8) is 0 Å². The number of carboxylic acids is 1. The van der Waals surface area contributed by atoms with Crippen LogP contribution in [0.3, 0.4) is 0 Å². The van der Waals surface area contributed by atoms with Gasteiger partial charge in [-0.15, -0.1) is 0 Å². The molecule has 1 aromatic rings. The number of carbonyl (C=O) groups is 2. The fourth-order valence-corrected chi connectivity index (χ4v) is 2.21. The van der Waals surface area contributed by atoms with Crippen LogP contribution < -0.4 is 10.6 Å². The second-order valence-corrected chi connectivity index (χ2v) is 4.98. The minimum atomic E-state index is -1.00. The molecule has 3 unspecified atom stereocenters. The second-order valence-electron chi connectivity index (χ2n) is 4.98. The minimum absolute atomic E-state index is 0.0831. The third-order valence-corrected chi connectivity index (χ3v) is 3.41. The number of carboxylic acid groups (broad SMARTS) is 1. The third-order valence-electron chi connectivity index (χ3n) is 3.41. The average molecular weight is 296 g/mol. The first-order chi connectivity index (χ1) is 9.97. The third kappa shape index (κ3) is 3.91. The van der Waals surface area contributed by atoms with E-state index in [1.54, 1.807) is 19.1 Å². The molecule has 3 N–H and O–H groups in total. The van der Waals surface area contributed by atoms with Gasteiger partial charge in [0.2, 0.25) is 0 Å². The van der Waals surface area contributed by atoms with Gasteiger partial charge in [-0.2, -0.15) is 0 Å². The van der Waals surface area contributed by atoms with Crippen LogP contribution in [0.4, 0.5) is 9.18 Å². The van der Waals surface area contributed by atoms with E-state index in [0.29, 0.717) is 5.56 Å². The number of nitrogens with one attached hydrogen (secondary N) is 2. The van der Waals surface area contributed by atoms with Gasteiger partial charge in [-0.05, 0) is 24.6 Å². The van der Waals surface area contributed by atoms with E-state index < -0.39 is 30.0 Å². The topological polar surface area (TPSA) is 87.7 Å². The summed E-state index contributed by atoms with van der Waals surface area (Å²) >= 11 is 0. The molecule has 6 nitrogen and oxygen atoms in total. The number of carbonyl (C=O) groups excluding carboxylic acids is 1.